The fourth-order valence-corrected chi connectivity index (χ4v) is 8.22. The Morgan fingerprint density at radius 1 is 0.429 bits per heavy atom. The van der Waals surface area contributed by atoms with Gasteiger partial charge in [0.15, 0.2) is 5.69 Å². The molecule has 5 nitrogen and oxygen atoms in total. The number of fused-ring (bicyclic) bond motifs is 4. The summed E-state index contributed by atoms with van der Waals surface area (Å²) in [5, 5.41) is 2.05. The number of carbonyl (C=O) groups excluding carboxylic acids is 2. The molecule has 2 heterocycles. The fourth-order valence-electron chi connectivity index (χ4n) is 8.22. The van der Waals surface area contributed by atoms with Gasteiger partial charge in [0.1, 0.15) is 0 Å². The summed E-state index contributed by atoms with van der Waals surface area (Å²) in [6.07, 6.45) is 0. The predicted molar refractivity (Wildman–Crippen MR) is 226 cm³/mol. The number of anilines is 1. The summed E-state index contributed by atoms with van der Waals surface area (Å²) < 4.78 is 2.13. The Morgan fingerprint density at radius 3 is 1.61 bits per heavy atom. The summed E-state index contributed by atoms with van der Waals surface area (Å²) in [7, 11) is 0. The van der Waals surface area contributed by atoms with Crippen LogP contribution in [0.1, 0.15) is 20.7 Å². The van der Waals surface area contributed by atoms with Crippen molar-refractivity contribution in [2.24, 2.45) is 0 Å². The normalized spacial score (nSPS) is 12.3. The molecule has 262 valence electrons. The van der Waals surface area contributed by atoms with Gasteiger partial charge in [-0.2, -0.15) is 0 Å². The van der Waals surface area contributed by atoms with Gasteiger partial charge >= 0.3 is 0 Å². The molecule has 8 aromatic carbocycles. The molecule has 0 unspecified atom stereocenters. The molecule has 1 aliphatic heterocycles. The summed E-state index contributed by atoms with van der Waals surface area (Å²) in [6, 6.07) is 61.8. The summed E-state index contributed by atoms with van der Waals surface area (Å²) in [6.45, 7) is 7.49. The lowest BCUT2D eigenvalue weighted by Gasteiger charge is -2.24. The Kier molecular flexibility index (Phi) is 7.76. The zero-order valence-corrected chi connectivity index (χ0v) is 30.1. The first kappa shape index (κ1) is 32.8. The number of benzene rings is 8. The van der Waals surface area contributed by atoms with E-state index in [-0.39, 0.29) is 11.8 Å². The van der Waals surface area contributed by atoms with Crippen molar-refractivity contribution >= 4 is 45.0 Å². The average Bonchev–Trinajstić information content (AvgIpc) is 3.74. The number of amides is 2. The lowest BCUT2D eigenvalue weighted by molar-refractivity contribution is 0.0926. The highest BCUT2D eigenvalue weighted by Crippen LogP contribution is 2.47. The van der Waals surface area contributed by atoms with E-state index in [1.807, 2.05) is 133 Å². The van der Waals surface area contributed by atoms with E-state index in [1.54, 1.807) is 6.07 Å². The van der Waals surface area contributed by atoms with Crippen LogP contribution in [-0.2, 0) is 0 Å². The van der Waals surface area contributed by atoms with Gasteiger partial charge in [0, 0.05) is 27.5 Å². The molecule has 0 radical (unpaired) electrons. The van der Waals surface area contributed by atoms with Gasteiger partial charge < -0.3 is 4.57 Å². The van der Waals surface area contributed by atoms with Crippen LogP contribution in [-0.4, -0.2) is 16.4 Å². The molecule has 0 saturated carbocycles. The van der Waals surface area contributed by atoms with Gasteiger partial charge in [-0.1, -0.05) is 158 Å². The van der Waals surface area contributed by atoms with Crippen LogP contribution in [0.4, 0.5) is 11.4 Å². The van der Waals surface area contributed by atoms with Gasteiger partial charge in [0.05, 0.1) is 40.1 Å². The SMILES string of the molecule is [C-]#[N+]c1ccc(-c2cccc3c4ccccc4n(-c4cccc5c4C(=O)N(c4c(-c6ccccc6)cc(-c6ccccc6)cc4-c4ccccc4)C5=O)c23)cc1. The molecule has 10 rings (SSSR count). The smallest absolute Gasteiger partial charge is 0.268 e. The van der Waals surface area contributed by atoms with Crippen LogP contribution in [0.3, 0.4) is 0 Å². The second-order valence-corrected chi connectivity index (χ2v) is 13.9. The van der Waals surface area contributed by atoms with Crippen molar-refractivity contribution in [2.45, 2.75) is 0 Å². The van der Waals surface area contributed by atoms with Crippen LogP contribution in [0, 0.1) is 6.57 Å². The van der Waals surface area contributed by atoms with Crippen LogP contribution in [0.25, 0.3) is 76.8 Å². The molecule has 0 aliphatic carbocycles. The minimum atomic E-state index is -0.382. The summed E-state index contributed by atoms with van der Waals surface area (Å²) in [5.41, 5.74) is 11.5. The first-order valence-corrected chi connectivity index (χ1v) is 18.5. The number of para-hydroxylation sites is 2. The van der Waals surface area contributed by atoms with Crippen LogP contribution < -0.4 is 4.90 Å². The third-order valence-corrected chi connectivity index (χ3v) is 10.7. The molecule has 1 aromatic heterocycles. The van der Waals surface area contributed by atoms with Gasteiger partial charge in [-0.3, -0.25) is 9.59 Å². The van der Waals surface area contributed by atoms with E-state index >= 15 is 4.79 Å². The van der Waals surface area contributed by atoms with Crippen LogP contribution in [0.15, 0.2) is 188 Å². The Balaban J connectivity index is 1.24. The van der Waals surface area contributed by atoms with E-state index in [0.717, 1.165) is 66.3 Å². The lowest BCUT2D eigenvalue weighted by atomic mass is 9.90. The van der Waals surface area contributed by atoms with Gasteiger partial charge in [0.25, 0.3) is 11.8 Å². The van der Waals surface area contributed by atoms with Gasteiger partial charge in [-0.25, -0.2) is 9.74 Å². The molecular weight excluding hydrogens is 687 g/mol. The third kappa shape index (κ3) is 5.16. The molecule has 0 N–H and O–H groups in total. The number of nitrogens with zero attached hydrogens (tertiary/aromatic N) is 3. The summed E-state index contributed by atoms with van der Waals surface area (Å²) in [5.74, 6) is -0.753. The number of hydrogen-bond acceptors (Lipinski definition) is 2. The zero-order valence-electron chi connectivity index (χ0n) is 30.1. The van der Waals surface area contributed by atoms with E-state index in [9.17, 15) is 4.79 Å². The maximum Gasteiger partial charge on any atom is 0.268 e. The van der Waals surface area contributed by atoms with Gasteiger partial charge in [-0.05, 0) is 58.1 Å². The lowest BCUT2D eigenvalue weighted by Crippen LogP contribution is -2.30. The molecule has 5 heteroatoms. The van der Waals surface area contributed by atoms with Crippen LogP contribution in [0.5, 0.6) is 0 Å². The molecule has 9 aromatic rings. The van der Waals surface area contributed by atoms with E-state index in [2.05, 4.69) is 57.9 Å². The second-order valence-electron chi connectivity index (χ2n) is 13.9. The maximum atomic E-state index is 15.4. The number of aromatic nitrogens is 1. The predicted octanol–water partition coefficient (Wildman–Crippen LogP) is 12.8. The van der Waals surface area contributed by atoms with Crippen molar-refractivity contribution in [2.75, 3.05) is 4.90 Å². The highest BCUT2D eigenvalue weighted by Gasteiger charge is 2.42. The van der Waals surface area contributed by atoms with E-state index in [0.29, 0.717) is 28.2 Å². The first-order chi connectivity index (χ1) is 27.6. The van der Waals surface area contributed by atoms with Crippen molar-refractivity contribution in [1.29, 1.82) is 0 Å². The molecule has 56 heavy (non-hydrogen) atoms. The second kappa shape index (κ2) is 13.2. The number of hydrogen-bond donors (Lipinski definition) is 0. The van der Waals surface area contributed by atoms with Crippen LogP contribution >= 0.6 is 0 Å². The number of carbonyl (C=O) groups is 2. The first-order valence-electron chi connectivity index (χ1n) is 18.5. The molecule has 0 spiro atoms. The molecule has 1 aliphatic rings. The average molecular weight is 718 g/mol. The monoisotopic (exact) mass is 717 g/mol. The van der Waals surface area contributed by atoms with E-state index in [4.69, 9.17) is 6.57 Å². The topological polar surface area (TPSA) is 46.7 Å². The highest BCUT2D eigenvalue weighted by molar-refractivity contribution is 6.37. The Morgan fingerprint density at radius 2 is 0.964 bits per heavy atom. The Bertz CT molecular complexity index is 2990. The summed E-state index contributed by atoms with van der Waals surface area (Å²) in [4.78, 5) is 35.4. The largest absolute Gasteiger partial charge is 0.308 e. The quantitative estimate of drug-likeness (QED) is 0.127. The number of imide groups is 1. The van der Waals surface area contributed by atoms with Gasteiger partial charge in [-0.15, -0.1) is 0 Å². The third-order valence-electron chi connectivity index (χ3n) is 10.7. The molecule has 0 fully saturated rings. The Hall–Kier alpha value is -7.81. The molecular formula is C51H31N3O2. The van der Waals surface area contributed by atoms with Crippen molar-refractivity contribution in [3.8, 4) is 50.2 Å². The molecule has 0 bridgehead atoms. The molecule has 0 saturated heterocycles. The van der Waals surface area contributed by atoms with E-state index in [1.165, 1.54) is 4.90 Å². The maximum absolute atomic E-state index is 15.4. The van der Waals surface area contributed by atoms with Crippen LogP contribution in [0.2, 0.25) is 0 Å². The number of rotatable bonds is 6. The summed E-state index contributed by atoms with van der Waals surface area (Å²) >= 11 is 0. The minimum Gasteiger partial charge on any atom is -0.308 e. The van der Waals surface area contributed by atoms with Gasteiger partial charge in [0.2, 0.25) is 0 Å². The van der Waals surface area contributed by atoms with E-state index < -0.39 is 0 Å². The standard InChI is InChI=1S/C51H31N3O2/c1-52-38-29-27-36(28-30-38)39-22-13-23-41-40-21-11-12-25-45(40)53(48(39)41)46-26-14-24-42-47(46)51(56)54(50(42)55)49-43(34-17-7-3-8-18-34)31-37(33-15-5-2-6-16-33)32-44(49)35-19-9-4-10-20-35/h2-32H. The van der Waals surface area contributed by atoms with Crippen molar-refractivity contribution < 1.29 is 9.59 Å². The Labute approximate surface area is 323 Å². The highest BCUT2D eigenvalue weighted by atomic mass is 16.2. The minimum absolute atomic E-state index is 0.350. The molecule has 2 amide bonds. The van der Waals surface area contributed by atoms with Crippen molar-refractivity contribution in [1.82, 2.24) is 4.57 Å². The zero-order chi connectivity index (χ0) is 37.8. The molecule has 0 atom stereocenters. The van der Waals surface area contributed by atoms with Crippen molar-refractivity contribution in [3.05, 3.63) is 211 Å². The fraction of sp³-hybridized carbons (Fsp3) is 0. The van der Waals surface area contributed by atoms with Crippen molar-refractivity contribution in [3.63, 3.8) is 0 Å².